The molecule has 6 nitrogen and oxygen atoms in total. The number of piperazine rings is 1. The molecule has 2 amide bonds. The van der Waals surface area contributed by atoms with Crippen molar-refractivity contribution in [3.05, 3.63) is 48.0 Å². The van der Waals surface area contributed by atoms with Crippen LogP contribution in [0.25, 0.3) is 10.8 Å². The highest BCUT2D eigenvalue weighted by atomic mass is 16.6. The van der Waals surface area contributed by atoms with Crippen LogP contribution in [0.5, 0.6) is 0 Å². The molecule has 1 N–H and O–H groups in total. The molecule has 1 heterocycles. The van der Waals surface area contributed by atoms with Gasteiger partial charge < -0.3 is 19.6 Å². The van der Waals surface area contributed by atoms with Crippen molar-refractivity contribution in [1.29, 1.82) is 0 Å². The Bertz CT molecular complexity index is 1020. The molecule has 4 rings (SSSR count). The minimum Gasteiger partial charge on any atom is -0.444 e. The maximum Gasteiger partial charge on any atom is 0.410 e. The normalized spacial score (nSPS) is 20.1. The first kappa shape index (κ1) is 25.5. The van der Waals surface area contributed by atoms with Gasteiger partial charge in [0.1, 0.15) is 5.60 Å². The quantitative estimate of drug-likeness (QED) is 0.632. The lowest BCUT2D eigenvalue weighted by molar-refractivity contribution is -0.142. The van der Waals surface area contributed by atoms with Gasteiger partial charge in [-0.25, -0.2) is 4.79 Å². The van der Waals surface area contributed by atoms with Crippen molar-refractivity contribution in [2.75, 3.05) is 26.2 Å². The largest absolute Gasteiger partial charge is 0.444 e. The Labute approximate surface area is 209 Å². The van der Waals surface area contributed by atoms with Gasteiger partial charge in [-0.15, -0.1) is 0 Å². The zero-order valence-corrected chi connectivity index (χ0v) is 21.5. The Morgan fingerprint density at radius 2 is 1.43 bits per heavy atom. The van der Waals surface area contributed by atoms with Gasteiger partial charge in [0.15, 0.2) is 0 Å². The molecule has 1 aliphatic carbocycles. The highest BCUT2D eigenvalue weighted by Crippen LogP contribution is 2.42. The molecule has 1 unspecified atom stereocenters. The van der Waals surface area contributed by atoms with Crippen molar-refractivity contribution in [1.82, 2.24) is 9.80 Å². The van der Waals surface area contributed by atoms with E-state index in [-0.39, 0.29) is 12.0 Å². The molecule has 1 atom stereocenters. The number of carbonyl (C=O) groups is 2. The van der Waals surface area contributed by atoms with E-state index < -0.39 is 17.1 Å². The zero-order chi connectivity index (χ0) is 25.1. The molecule has 0 aromatic heterocycles. The van der Waals surface area contributed by atoms with E-state index in [1.807, 2.05) is 49.9 Å². The second-order valence-corrected chi connectivity index (χ2v) is 11.2. The highest BCUT2D eigenvalue weighted by Gasteiger charge is 2.45. The minimum atomic E-state index is -1.08. The maximum absolute atomic E-state index is 14.2. The Morgan fingerprint density at radius 3 is 2.09 bits per heavy atom. The van der Waals surface area contributed by atoms with E-state index in [1.165, 1.54) is 6.42 Å². The Hall–Kier alpha value is -2.60. The average Bonchev–Trinajstić information content (AvgIpc) is 2.81. The fourth-order valence-electron chi connectivity index (χ4n) is 5.58. The van der Waals surface area contributed by atoms with Crippen LogP contribution in [0.4, 0.5) is 4.79 Å². The van der Waals surface area contributed by atoms with E-state index in [2.05, 4.69) is 18.2 Å². The number of carbonyl (C=O) groups excluding carboxylic acids is 2. The van der Waals surface area contributed by atoms with Crippen molar-refractivity contribution >= 4 is 22.8 Å². The van der Waals surface area contributed by atoms with Gasteiger partial charge in [-0.2, -0.15) is 0 Å². The number of benzene rings is 2. The number of nitrogens with zero attached hydrogens (tertiary/aromatic N) is 2. The number of hydrogen-bond donors (Lipinski definition) is 1. The molecule has 1 aliphatic heterocycles. The van der Waals surface area contributed by atoms with E-state index in [9.17, 15) is 14.7 Å². The van der Waals surface area contributed by atoms with Crippen molar-refractivity contribution in [3.8, 4) is 0 Å². The fourth-order valence-corrected chi connectivity index (χ4v) is 5.58. The summed E-state index contributed by atoms with van der Waals surface area (Å²) in [5.74, 6) is -0.659. The maximum atomic E-state index is 14.2. The summed E-state index contributed by atoms with van der Waals surface area (Å²) < 4.78 is 5.52. The Balaban J connectivity index is 1.62. The molecule has 0 radical (unpaired) electrons. The van der Waals surface area contributed by atoms with Gasteiger partial charge >= 0.3 is 6.09 Å². The monoisotopic (exact) mass is 480 g/mol. The lowest BCUT2D eigenvalue weighted by Crippen LogP contribution is -2.55. The van der Waals surface area contributed by atoms with E-state index in [0.29, 0.717) is 39.0 Å². The minimum absolute atomic E-state index is 0.0340. The molecule has 0 spiro atoms. The van der Waals surface area contributed by atoms with Crippen LogP contribution >= 0.6 is 0 Å². The molecular weight excluding hydrogens is 440 g/mol. The van der Waals surface area contributed by atoms with Gasteiger partial charge in [0.2, 0.25) is 5.91 Å². The highest BCUT2D eigenvalue weighted by molar-refractivity contribution is 5.94. The average molecular weight is 481 g/mol. The lowest BCUT2D eigenvalue weighted by atomic mass is 9.72. The topological polar surface area (TPSA) is 70.1 Å². The smallest absolute Gasteiger partial charge is 0.410 e. The number of hydrogen-bond acceptors (Lipinski definition) is 4. The molecule has 6 heteroatoms. The number of amides is 2. The van der Waals surface area contributed by atoms with Gasteiger partial charge in [-0.05, 0) is 49.9 Å². The van der Waals surface area contributed by atoms with Crippen LogP contribution in [0.3, 0.4) is 0 Å². The molecule has 2 aromatic carbocycles. The SMILES string of the molecule is CC(C)(C)OC(=O)N1CCN(C(=O)C(c2cccc3ccccc23)C2(O)CCCCCCC2)CC1. The Morgan fingerprint density at radius 1 is 0.857 bits per heavy atom. The van der Waals surface area contributed by atoms with Crippen molar-refractivity contribution in [2.24, 2.45) is 0 Å². The lowest BCUT2D eigenvalue weighted by Gasteiger charge is -2.42. The molecule has 35 heavy (non-hydrogen) atoms. The first-order valence-corrected chi connectivity index (χ1v) is 13.1. The third-order valence-corrected chi connectivity index (χ3v) is 7.38. The van der Waals surface area contributed by atoms with Crippen LogP contribution in [-0.4, -0.2) is 64.3 Å². The molecule has 2 fully saturated rings. The van der Waals surface area contributed by atoms with Crippen molar-refractivity contribution in [2.45, 2.75) is 82.8 Å². The van der Waals surface area contributed by atoms with E-state index in [1.54, 1.807) is 4.90 Å². The van der Waals surface area contributed by atoms with E-state index in [4.69, 9.17) is 4.74 Å². The van der Waals surface area contributed by atoms with Gasteiger partial charge in [-0.3, -0.25) is 4.79 Å². The van der Waals surface area contributed by atoms with Crippen LogP contribution in [0.2, 0.25) is 0 Å². The molecule has 190 valence electrons. The summed E-state index contributed by atoms with van der Waals surface area (Å²) in [4.78, 5) is 30.2. The second-order valence-electron chi connectivity index (χ2n) is 11.2. The van der Waals surface area contributed by atoms with Crippen molar-refractivity contribution in [3.63, 3.8) is 0 Å². The summed E-state index contributed by atoms with van der Waals surface area (Å²) in [6, 6.07) is 14.2. The van der Waals surface area contributed by atoms with Crippen LogP contribution in [0.1, 0.15) is 77.2 Å². The summed E-state index contributed by atoms with van der Waals surface area (Å²) in [5.41, 5.74) is -0.722. The predicted octanol–water partition coefficient (Wildman–Crippen LogP) is 5.48. The van der Waals surface area contributed by atoms with Gasteiger partial charge in [-0.1, -0.05) is 74.6 Å². The zero-order valence-electron chi connectivity index (χ0n) is 21.5. The standard InChI is InChI=1S/C29H40N2O4/c1-28(2,3)35-27(33)31-20-18-30(19-21-31)26(32)25(29(34)16-9-5-4-6-10-17-29)24-15-11-13-22-12-7-8-14-23(22)24/h7-8,11-15,25,34H,4-6,9-10,16-21H2,1-3H3. The summed E-state index contributed by atoms with van der Waals surface area (Å²) in [7, 11) is 0. The molecule has 0 bridgehead atoms. The molecule has 1 saturated heterocycles. The Kier molecular flexibility index (Phi) is 7.70. The second kappa shape index (κ2) is 10.6. The van der Waals surface area contributed by atoms with Crippen molar-refractivity contribution < 1.29 is 19.4 Å². The van der Waals surface area contributed by atoms with Crippen LogP contribution in [0.15, 0.2) is 42.5 Å². The number of rotatable bonds is 3. The third kappa shape index (κ3) is 5.97. The van der Waals surface area contributed by atoms with Crippen LogP contribution in [-0.2, 0) is 9.53 Å². The summed E-state index contributed by atoms with van der Waals surface area (Å²) in [6.45, 7) is 7.31. The van der Waals surface area contributed by atoms with Crippen LogP contribution in [0, 0.1) is 0 Å². The molecule has 2 aromatic rings. The third-order valence-electron chi connectivity index (χ3n) is 7.38. The summed E-state index contributed by atoms with van der Waals surface area (Å²) in [5, 5.41) is 14.2. The fraction of sp³-hybridized carbons (Fsp3) is 0.586. The summed E-state index contributed by atoms with van der Waals surface area (Å²) in [6.07, 6.45) is 6.15. The first-order chi connectivity index (χ1) is 16.7. The predicted molar refractivity (Wildman–Crippen MR) is 138 cm³/mol. The van der Waals surface area contributed by atoms with E-state index in [0.717, 1.165) is 42.0 Å². The summed E-state index contributed by atoms with van der Waals surface area (Å²) >= 11 is 0. The number of ether oxygens (including phenoxy) is 1. The molecule has 2 aliphatic rings. The van der Waals surface area contributed by atoms with Crippen LogP contribution < -0.4 is 0 Å². The number of aliphatic hydroxyl groups is 1. The first-order valence-electron chi connectivity index (χ1n) is 13.1. The molecule has 1 saturated carbocycles. The molecular formula is C29H40N2O4. The van der Waals surface area contributed by atoms with Gasteiger partial charge in [0.05, 0.1) is 11.5 Å². The van der Waals surface area contributed by atoms with Gasteiger partial charge in [0, 0.05) is 26.2 Å². The van der Waals surface area contributed by atoms with E-state index >= 15 is 0 Å². The van der Waals surface area contributed by atoms with Gasteiger partial charge in [0.25, 0.3) is 0 Å². The number of fused-ring (bicyclic) bond motifs is 1.